The van der Waals surface area contributed by atoms with Crippen molar-refractivity contribution in [1.82, 2.24) is 15.0 Å². The number of hydrogen-bond acceptors (Lipinski definition) is 4. The van der Waals surface area contributed by atoms with Gasteiger partial charge in [0.2, 0.25) is 5.69 Å². The molecule has 1 aliphatic rings. The Morgan fingerprint density at radius 1 is 1.08 bits per heavy atom. The Balaban J connectivity index is 1.66. The Labute approximate surface area is 155 Å². The number of aromatic nitrogens is 3. The number of benzene rings is 2. The summed E-state index contributed by atoms with van der Waals surface area (Å²) in [7, 11) is 0. The molecule has 6 nitrogen and oxygen atoms in total. The number of anilines is 1. The molecule has 4 rings (SSSR count). The van der Waals surface area contributed by atoms with E-state index in [-0.39, 0.29) is 5.69 Å². The monoisotopic (exact) mass is 368 g/mol. The largest absolute Gasteiger partial charge is 0.476 e. The third-order valence-electron chi connectivity index (χ3n) is 4.63. The van der Waals surface area contributed by atoms with Gasteiger partial charge in [0.1, 0.15) is 5.69 Å². The molecule has 132 valence electrons. The molecule has 3 aromatic rings. The van der Waals surface area contributed by atoms with Crippen LogP contribution >= 0.6 is 11.6 Å². The highest BCUT2D eigenvalue weighted by molar-refractivity contribution is 6.32. The molecule has 1 N–H and O–H groups in total. The van der Waals surface area contributed by atoms with E-state index in [2.05, 4.69) is 22.3 Å². The highest BCUT2D eigenvalue weighted by atomic mass is 35.5. The topological polar surface area (TPSA) is 71.2 Å². The maximum atomic E-state index is 11.7. The van der Waals surface area contributed by atoms with Gasteiger partial charge in [-0.25, -0.2) is 4.79 Å². The summed E-state index contributed by atoms with van der Waals surface area (Å²) < 4.78 is 0. The summed E-state index contributed by atoms with van der Waals surface area (Å²) in [5, 5.41) is 18.6. The molecule has 0 amide bonds. The Bertz CT molecular complexity index is 942. The summed E-state index contributed by atoms with van der Waals surface area (Å²) in [5.74, 6) is -0.361. The fourth-order valence-electron chi connectivity index (χ4n) is 3.32. The first-order chi connectivity index (χ1) is 12.6. The molecule has 2 heterocycles. The van der Waals surface area contributed by atoms with Crippen LogP contribution in [0.3, 0.4) is 0 Å². The maximum absolute atomic E-state index is 11.7. The van der Waals surface area contributed by atoms with Gasteiger partial charge in [0.15, 0.2) is 5.82 Å². The van der Waals surface area contributed by atoms with Crippen molar-refractivity contribution >= 4 is 23.4 Å². The van der Waals surface area contributed by atoms with Gasteiger partial charge in [-0.2, -0.15) is 0 Å². The van der Waals surface area contributed by atoms with Gasteiger partial charge >= 0.3 is 5.97 Å². The first-order valence-corrected chi connectivity index (χ1v) is 8.76. The zero-order valence-electron chi connectivity index (χ0n) is 13.9. The van der Waals surface area contributed by atoms with Crippen LogP contribution in [0.2, 0.25) is 5.02 Å². The number of carboxylic acids is 1. The van der Waals surface area contributed by atoms with Crippen LogP contribution in [0.15, 0.2) is 54.6 Å². The van der Waals surface area contributed by atoms with Gasteiger partial charge in [0, 0.05) is 19.0 Å². The van der Waals surface area contributed by atoms with E-state index < -0.39 is 5.97 Å². The summed E-state index contributed by atoms with van der Waals surface area (Å²) in [4.78, 5) is 15.0. The number of rotatable bonds is 4. The Kier molecular flexibility index (Phi) is 4.34. The predicted octanol–water partition coefficient (Wildman–Crippen LogP) is 3.61. The normalized spacial score (nSPS) is 16.8. The van der Waals surface area contributed by atoms with Crippen LogP contribution in [0.4, 0.5) is 5.82 Å². The van der Waals surface area contributed by atoms with Gasteiger partial charge in [-0.1, -0.05) is 54.1 Å². The zero-order chi connectivity index (χ0) is 18.1. The molecule has 7 heteroatoms. The molecule has 0 saturated carbocycles. The number of nitrogens with zero attached hydrogens (tertiary/aromatic N) is 4. The quantitative estimate of drug-likeness (QED) is 0.761. The van der Waals surface area contributed by atoms with Crippen molar-refractivity contribution in [2.24, 2.45) is 0 Å². The van der Waals surface area contributed by atoms with E-state index in [4.69, 9.17) is 11.6 Å². The van der Waals surface area contributed by atoms with E-state index in [9.17, 15) is 9.90 Å². The molecular formula is C19H17ClN4O2. The number of halogens is 1. The second-order valence-electron chi connectivity index (χ2n) is 6.26. The van der Waals surface area contributed by atoms with E-state index in [0.717, 1.165) is 13.0 Å². The average molecular weight is 369 g/mol. The predicted molar refractivity (Wildman–Crippen MR) is 99.3 cm³/mol. The van der Waals surface area contributed by atoms with Crippen molar-refractivity contribution in [3.05, 3.63) is 70.9 Å². The van der Waals surface area contributed by atoms with Crippen LogP contribution in [-0.2, 0) is 0 Å². The number of carboxylic acid groups (broad SMARTS) is 1. The fraction of sp³-hybridized carbons (Fsp3) is 0.211. The minimum absolute atomic E-state index is 0.0568. The minimum atomic E-state index is -1.10. The van der Waals surface area contributed by atoms with Crippen molar-refractivity contribution in [1.29, 1.82) is 0 Å². The third kappa shape index (κ3) is 3.04. The summed E-state index contributed by atoms with van der Waals surface area (Å²) in [6.07, 6.45) is 0.946. The van der Waals surface area contributed by atoms with E-state index in [1.165, 1.54) is 10.4 Å². The summed E-state index contributed by atoms with van der Waals surface area (Å²) in [5.41, 5.74) is 1.76. The van der Waals surface area contributed by atoms with E-state index in [1.54, 1.807) is 18.2 Å². The molecule has 1 fully saturated rings. The lowest BCUT2D eigenvalue weighted by Crippen LogP contribution is -2.22. The smallest absolute Gasteiger partial charge is 0.360 e. The molecule has 1 atom stereocenters. The molecule has 0 spiro atoms. The molecule has 0 aliphatic carbocycles. The molecule has 2 aromatic carbocycles. The van der Waals surface area contributed by atoms with Crippen molar-refractivity contribution < 1.29 is 9.90 Å². The molecular weight excluding hydrogens is 352 g/mol. The van der Waals surface area contributed by atoms with Crippen LogP contribution in [0.1, 0.15) is 28.4 Å². The highest BCUT2D eigenvalue weighted by Crippen LogP contribution is 2.31. The first kappa shape index (κ1) is 16.6. The van der Waals surface area contributed by atoms with Gasteiger partial charge in [0.25, 0.3) is 0 Å². The van der Waals surface area contributed by atoms with Gasteiger partial charge < -0.3 is 10.0 Å². The van der Waals surface area contributed by atoms with Crippen molar-refractivity contribution in [2.45, 2.75) is 12.3 Å². The van der Waals surface area contributed by atoms with Crippen molar-refractivity contribution in [2.75, 3.05) is 18.0 Å². The molecule has 26 heavy (non-hydrogen) atoms. The van der Waals surface area contributed by atoms with E-state index >= 15 is 0 Å². The maximum Gasteiger partial charge on any atom is 0.360 e. The SMILES string of the molecule is O=C(O)c1nn(-c2ccccc2Cl)nc1N1CCC(c2ccccc2)C1. The van der Waals surface area contributed by atoms with E-state index in [1.807, 2.05) is 29.2 Å². The van der Waals surface area contributed by atoms with Gasteiger partial charge in [-0.3, -0.25) is 0 Å². The minimum Gasteiger partial charge on any atom is -0.476 e. The average Bonchev–Trinajstić information content (AvgIpc) is 3.30. The second-order valence-corrected chi connectivity index (χ2v) is 6.67. The van der Waals surface area contributed by atoms with Gasteiger partial charge in [-0.15, -0.1) is 15.0 Å². The zero-order valence-corrected chi connectivity index (χ0v) is 14.7. The Morgan fingerprint density at radius 3 is 2.54 bits per heavy atom. The van der Waals surface area contributed by atoms with Crippen LogP contribution < -0.4 is 4.90 Å². The first-order valence-electron chi connectivity index (χ1n) is 8.39. The lowest BCUT2D eigenvalue weighted by molar-refractivity contribution is 0.0690. The number of aromatic carboxylic acids is 1. The number of para-hydroxylation sites is 1. The van der Waals surface area contributed by atoms with Crippen molar-refractivity contribution in [3.63, 3.8) is 0 Å². The summed E-state index contributed by atoms with van der Waals surface area (Å²) >= 11 is 6.20. The standard InChI is InChI=1S/C19H17ClN4O2/c20-15-8-4-5-9-16(15)24-21-17(19(25)26)18(22-24)23-11-10-14(12-23)13-6-2-1-3-7-13/h1-9,14H,10-12H2,(H,25,26). The Hall–Kier alpha value is -2.86. The molecule has 1 aliphatic heterocycles. The molecule has 0 bridgehead atoms. The van der Waals surface area contributed by atoms with Crippen LogP contribution in [0.25, 0.3) is 5.69 Å². The summed E-state index contributed by atoms with van der Waals surface area (Å²) in [6, 6.07) is 17.3. The fourth-order valence-corrected chi connectivity index (χ4v) is 3.53. The van der Waals surface area contributed by atoms with Gasteiger partial charge in [0.05, 0.1) is 5.02 Å². The van der Waals surface area contributed by atoms with Gasteiger partial charge in [-0.05, 0) is 24.1 Å². The molecule has 1 unspecified atom stereocenters. The lowest BCUT2D eigenvalue weighted by Gasteiger charge is -2.16. The second kappa shape index (κ2) is 6.80. The molecule has 1 aromatic heterocycles. The molecule has 1 saturated heterocycles. The van der Waals surface area contributed by atoms with Crippen LogP contribution in [0, 0.1) is 0 Å². The summed E-state index contributed by atoms with van der Waals surface area (Å²) in [6.45, 7) is 1.45. The van der Waals surface area contributed by atoms with E-state index in [0.29, 0.717) is 29.0 Å². The molecule has 0 radical (unpaired) electrons. The highest BCUT2D eigenvalue weighted by Gasteiger charge is 2.30. The van der Waals surface area contributed by atoms with Crippen LogP contribution in [0.5, 0.6) is 0 Å². The van der Waals surface area contributed by atoms with Crippen LogP contribution in [-0.4, -0.2) is 39.2 Å². The lowest BCUT2D eigenvalue weighted by atomic mass is 9.99. The van der Waals surface area contributed by atoms with Crippen molar-refractivity contribution in [3.8, 4) is 5.69 Å². The Morgan fingerprint density at radius 2 is 1.81 bits per heavy atom. The number of carbonyl (C=O) groups is 1. The third-order valence-corrected chi connectivity index (χ3v) is 4.94. The number of hydrogen-bond donors (Lipinski definition) is 1.